The van der Waals surface area contributed by atoms with Gasteiger partial charge in [-0.1, -0.05) is 13.8 Å². The SMILES string of the molecule is COC(=O)c1cc(C(C)C)nc(N)c1C#N. The summed E-state index contributed by atoms with van der Waals surface area (Å²) in [4.78, 5) is 15.5. The van der Waals surface area contributed by atoms with Crippen LogP contribution in [0, 0.1) is 11.3 Å². The molecule has 2 N–H and O–H groups in total. The van der Waals surface area contributed by atoms with E-state index in [-0.39, 0.29) is 22.9 Å². The second-order valence-corrected chi connectivity index (χ2v) is 3.61. The van der Waals surface area contributed by atoms with Gasteiger partial charge in [0.1, 0.15) is 17.5 Å². The number of pyridine rings is 1. The number of anilines is 1. The Hall–Kier alpha value is -2.09. The predicted octanol–water partition coefficient (Wildman–Crippen LogP) is 1.45. The third-order valence-electron chi connectivity index (χ3n) is 2.18. The number of nitriles is 1. The van der Waals surface area contributed by atoms with Crippen molar-refractivity contribution in [2.45, 2.75) is 19.8 Å². The van der Waals surface area contributed by atoms with Crippen LogP contribution in [0.5, 0.6) is 0 Å². The molecule has 1 rings (SSSR count). The highest BCUT2D eigenvalue weighted by atomic mass is 16.5. The van der Waals surface area contributed by atoms with Gasteiger partial charge < -0.3 is 10.5 Å². The fourth-order valence-electron chi connectivity index (χ4n) is 1.27. The highest BCUT2D eigenvalue weighted by Gasteiger charge is 2.18. The first kappa shape index (κ1) is 12.0. The van der Waals surface area contributed by atoms with Crippen molar-refractivity contribution < 1.29 is 9.53 Å². The molecule has 0 aliphatic heterocycles. The molecule has 1 heterocycles. The number of esters is 1. The third kappa shape index (κ3) is 2.11. The van der Waals surface area contributed by atoms with Crippen LogP contribution in [0.4, 0.5) is 5.82 Å². The first-order chi connectivity index (χ1) is 7.51. The molecular weight excluding hydrogens is 206 g/mol. The Morgan fingerprint density at radius 3 is 2.69 bits per heavy atom. The van der Waals surface area contributed by atoms with Crippen LogP contribution >= 0.6 is 0 Å². The summed E-state index contributed by atoms with van der Waals surface area (Å²) in [5.74, 6) is -0.389. The van der Waals surface area contributed by atoms with Crippen LogP contribution in [0.15, 0.2) is 6.07 Å². The molecule has 0 aromatic carbocycles. The minimum Gasteiger partial charge on any atom is -0.465 e. The molecule has 0 radical (unpaired) electrons. The van der Waals surface area contributed by atoms with Crippen LogP contribution < -0.4 is 5.73 Å². The van der Waals surface area contributed by atoms with Gasteiger partial charge in [0.25, 0.3) is 0 Å². The Bertz CT molecular complexity index is 461. The van der Waals surface area contributed by atoms with Crippen LogP contribution in [0.3, 0.4) is 0 Å². The number of carbonyl (C=O) groups excluding carboxylic acids is 1. The molecule has 0 bridgehead atoms. The van der Waals surface area contributed by atoms with Gasteiger partial charge in [0.2, 0.25) is 0 Å². The minimum atomic E-state index is -0.576. The summed E-state index contributed by atoms with van der Waals surface area (Å²) in [6, 6.07) is 3.40. The summed E-state index contributed by atoms with van der Waals surface area (Å²) >= 11 is 0. The molecule has 84 valence electrons. The van der Waals surface area contributed by atoms with E-state index in [9.17, 15) is 4.79 Å². The summed E-state index contributed by atoms with van der Waals surface area (Å²) in [6.45, 7) is 3.85. The van der Waals surface area contributed by atoms with Gasteiger partial charge in [-0.25, -0.2) is 9.78 Å². The Labute approximate surface area is 93.8 Å². The normalized spacial score (nSPS) is 9.94. The van der Waals surface area contributed by atoms with Gasteiger partial charge in [-0.2, -0.15) is 5.26 Å². The number of methoxy groups -OCH3 is 1. The molecule has 16 heavy (non-hydrogen) atoms. The molecule has 0 saturated carbocycles. The molecule has 0 saturated heterocycles. The fraction of sp³-hybridized carbons (Fsp3) is 0.364. The average molecular weight is 219 g/mol. The van der Waals surface area contributed by atoms with E-state index in [2.05, 4.69) is 9.72 Å². The molecule has 5 heteroatoms. The van der Waals surface area contributed by atoms with Crippen LogP contribution in [0.1, 0.15) is 41.4 Å². The molecule has 0 aliphatic rings. The first-order valence-corrected chi connectivity index (χ1v) is 4.80. The number of nitrogens with two attached hydrogens (primary N) is 1. The van der Waals surface area contributed by atoms with E-state index in [1.54, 1.807) is 6.07 Å². The lowest BCUT2D eigenvalue weighted by Gasteiger charge is -2.09. The number of rotatable bonds is 2. The number of aromatic nitrogens is 1. The number of carbonyl (C=O) groups is 1. The van der Waals surface area contributed by atoms with E-state index in [1.807, 2.05) is 19.9 Å². The predicted molar refractivity (Wildman–Crippen MR) is 58.8 cm³/mol. The van der Waals surface area contributed by atoms with E-state index in [1.165, 1.54) is 7.11 Å². The highest BCUT2D eigenvalue weighted by molar-refractivity contribution is 5.93. The van der Waals surface area contributed by atoms with E-state index in [0.29, 0.717) is 5.69 Å². The average Bonchev–Trinajstić information content (AvgIpc) is 2.26. The maximum atomic E-state index is 11.5. The molecule has 0 spiro atoms. The van der Waals surface area contributed by atoms with E-state index in [4.69, 9.17) is 11.0 Å². The van der Waals surface area contributed by atoms with Crippen molar-refractivity contribution in [2.24, 2.45) is 0 Å². The van der Waals surface area contributed by atoms with Crippen molar-refractivity contribution in [1.29, 1.82) is 5.26 Å². The Morgan fingerprint density at radius 2 is 2.25 bits per heavy atom. The number of nitrogen functional groups attached to an aromatic ring is 1. The topological polar surface area (TPSA) is 89.0 Å². The van der Waals surface area contributed by atoms with Crippen molar-refractivity contribution >= 4 is 11.8 Å². The summed E-state index contributed by atoms with van der Waals surface area (Å²) in [5.41, 5.74) is 6.52. The molecule has 0 atom stereocenters. The lowest BCUT2D eigenvalue weighted by molar-refractivity contribution is 0.0600. The molecule has 1 aromatic rings. The second-order valence-electron chi connectivity index (χ2n) is 3.61. The summed E-state index contributed by atoms with van der Waals surface area (Å²) in [5, 5.41) is 8.90. The maximum Gasteiger partial charge on any atom is 0.339 e. The Morgan fingerprint density at radius 1 is 1.62 bits per heavy atom. The van der Waals surface area contributed by atoms with Gasteiger partial charge in [0.05, 0.1) is 12.7 Å². The van der Waals surface area contributed by atoms with E-state index < -0.39 is 5.97 Å². The third-order valence-corrected chi connectivity index (χ3v) is 2.18. The van der Waals surface area contributed by atoms with Crippen LogP contribution in [-0.2, 0) is 4.74 Å². The first-order valence-electron chi connectivity index (χ1n) is 4.80. The number of ether oxygens (including phenoxy) is 1. The molecule has 0 aliphatic carbocycles. The van der Waals surface area contributed by atoms with Crippen molar-refractivity contribution in [3.63, 3.8) is 0 Å². The maximum absolute atomic E-state index is 11.5. The summed E-state index contributed by atoms with van der Waals surface area (Å²) in [6.07, 6.45) is 0. The highest BCUT2D eigenvalue weighted by Crippen LogP contribution is 2.21. The Balaban J connectivity index is 3.44. The van der Waals surface area contributed by atoms with Crippen molar-refractivity contribution in [1.82, 2.24) is 4.98 Å². The van der Waals surface area contributed by atoms with Gasteiger partial charge in [-0.3, -0.25) is 0 Å². The van der Waals surface area contributed by atoms with Gasteiger partial charge in [0.15, 0.2) is 0 Å². The summed E-state index contributed by atoms with van der Waals surface area (Å²) < 4.78 is 4.60. The van der Waals surface area contributed by atoms with Gasteiger partial charge >= 0.3 is 5.97 Å². The van der Waals surface area contributed by atoms with Gasteiger partial charge in [-0.05, 0) is 12.0 Å². The Kier molecular flexibility index (Phi) is 3.46. The fourth-order valence-corrected chi connectivity index (χ4v) is 1.27. The minimum absolute atomic E-state index is 0.0640. The molecular formula is C11H13N3O2. The van der Waals surface area contributed by atoms with Crippen molar-refractivity contribution in [3.8, 4) is 6.07 Å². The monoisotopic (exact) mass is 219 g/mol. The zero-order valence-electron chi connectivity index (χ0n) is 9.44. The van der Waals surface area contributed by atoms with E-state index in [0.717, 1.165) is 0 Å². The van der Waals surface area contributed by atoms with E-state index >= 15 is 0 Å². The van der Waals surface area contributed by atoms with Gasteiger partial charge in [-0.15, -0.1) is 0 Å². The van der Waals surface area contributed by atoms with Crippen LogP contribution in [-0.4, -0.2) is 18.1 Å². The standard InChI is InChI=1S/C11H13N3O2/c1-6(2)9-4-7(11(15)16-3)8(5-12)10(13)14-9/h4,6H,1-3H3,(H2,13,14). The second kappa shape index (κ2) is 4.62. The van der Waals surface area contributed by atoms with Crippen molar-refractivity contribution in [3.05, 3.63) is 22.9 Å². The number of hydrogen-bond donors (Lipinski definition) is 1. The zero-order chi connectivity index (χ0) is 12.3. The molecule has 0 fully saturated rings. The smallest absolute Gasteiger partial charge is 0.339 e. The molecule has 5 nitrogen and oxygen atoms in total. The van der Waals surface area contributed by atoms with Gasteiger partial charge in [0, 0.05) is 5.69 Å². The summed E-state index contributed by atoms with van der Waals surface area (Å²) in [7, 11) is 1.26. The van der Waals surface area contributed by atoms with Crippen LogP contribution in [0.25, 0.3) is 0 Å². The molecule has 0 unspecified atom stereocenters. The van der Waals surface area contributed by atoms with Crippen LogP contribution in [0.2, 0.25) is 0 Å². The molecule has 1 aromatic heterocycles. The zero-order valence-corrected chi connectivity index (χ0v) is 9.44. The number of nitrogens with zero attached hydrogens (tertiary/aromatic N) is 2. The van der Waals surface area contributed by atoms with Crippen molar-refractivity contribution in [2.75, 3.05) is 12.8 Å². The molecule has 0 amide bonds. The number of hydrogen-bond acceptors (Lipinski definition) is 5. The lowest BCUT2D eigenvalue weighted by Crippen LogP contribution is -2.10. The lowest BCUT2D eigenvalue weighted by atomic mass is 10.0. The quantitative estimate of drug-likeness (QED) is 0.760. The largest absolute Gasteiger partial charge is 0.465 e.